The van der Waals surface area contributed by atoms with Crippen molar-refractivity contribution in [2.24, 2.45) is 5.92 Å². The van der Waals surface area contributed by atoms with Crippen LogP contribution in [-0.4, -0.2) is 46.5 Å². The molecule has 0 radical (unpaired) electrons. The summed E-state index contributed by atoms with van der Waals surface area (Å²) in [5.41, 5.74) is 0.433. The topological polar surface area (TPSA) is 49.9 Å². The van der Waals surface area contributed by atoms with Crippen LogP contribution >= 0.6 is 15.9 Å². The first-order valence-corrected chi connectivity index (χ1v) is 9.84. The highest BCUT2D eigenvalue weighted by atomic mass is 79.9. The van der Waals surface area contributed by atoms with Crippen LogP contribution in [0.3, 0.4) is 0 Å². The molecule has 2 rings (SSSR count). The van der Waals surface area contributed by atoms with Gasteiger partial charge in [-0.1, -0.05) is 41.9 Å². The monoisotopic (exact) mass is 424 g/mol. The molecule has 1 fully saturated rings. The summed E-state index contributed by atoms with van der Waals surface area (Å²) in [4.78, 5) is 29.1. The van der Waals surface area contributed by atoms with E-state index < -0.39 is 5.60 Å². The van der Waals surface area contributed by atoms with Crippen LogP contribution < -0.4 is 0 Å². The molecule has 2 amide bonds. The van der Waals surface area contributed by atoms with Gasteiger partial charge in [-0.05, 0) is 45.4 Å². The minimum Gasteiger partial charge on any atom is -0.444 e. The summed E-state index contributed by atoms with van der Waals surface area (Å²) in [5.74, 6) is 0.0412. The number of carbonyl (C=O) groups excluding carboxylic acids is 2. The van der Waals surface area contributed by atoms with Crippen molar-refractivity contribution in [2.45, 2.75) is 59.2 Å². The predicted octanol–water partition coefficient (Wildman–Crippen LogP) is 4.61. The lowest BCUT2D eigenvalue weighted by Gasteiger charge is -2.46. The number of benzene rings is 1. The van der Waals surface area contributed by atoms with Gasteiger partial charge in [-0.2, -0.15) is 0 Å². The Kier molecular flexibility index (Phi) is 6.37. The number of halogens is 1. The molecule has 144 valence electrons. The second-order valence-electron chi connectivity index (χ2n) is 8.19. The van der Waals surface area contributed by atoms with Gasteiger partial charge in [0.25, 0.3) is 0 Å². The Morgan fingerprint density at radius 1 is 1.12 bits per heavy atom. The van der Waals surface area contributed by atoms with Gasteiger partial charge in [-0.15, -0.1) is 0 Å². The van der Waals surface area contributed by atoms with Gasteiger partial charge in [0.05, 0.1) is 6.04 Å². The number of nitrogens with zero attached hydrogens (tertiary/aromatic N) is 2. The lowest BCUT2D eigenvalue weighted by Crippen LogP contribution is -2.58. The average molecular weight is 425 g/mol. The van der Waals surface area contributed by atoms with E-state index in [1.807, 2.05) is 70.7 Å². The Balaban J connectivity index is 2.34. The van der Waals surface area contributed by atoms with E-state index in [1.165, 1.54) is 0 Å². The minimum atomic E-state index is -0.560. The third-order valence-corrected chi connectivity index (χ3v) is 4.93. The molecule has 1 aliphatic rings. The van der Waals surface area contributed by atoms with Gasteiger partial charge in [0.15, 0.2) is 0 Å². The zero-order valence-electron chi connectivity index (χ0n) is 16.5. The number of amides is 2. The van der Waals surface area contributed by atoms with Gasteiger partial charge in [0, 0.05) is 29.5 Å². The summed E-state index contributed by atoms with van der Waals surface area (Å²) < 4.78 is 6.59. The van der Waals surface area contributed by atoms with Crippen LogP contribution in [0.4, 0.5) is 4.79 Å². The lowest BCUT2D eigenvalue weighted by molar-refractivity contribution is -0.140. The molecule has 0 unspecified atom stereocenters. The van der Waals surface area contributed by atoms with Crippen LogP contribution in [0.15, 0.2) is 28.7 Å². The quantitative estimate of drug-likeness (QED) is 0.695. The smallest absolute Gasteiger partial charge is 0.410 e. The fourth-order valence-electron chi connectivity index (χ4n) is 3.11. The molecule has 1 aliphatic heterocycles. The Bertz CT molecular complexity index is 652. The Morgan fingerprint density at radius 3 is 2.19 bits per heavy atom. The maximum Gasteiger partial charge on any atom is 0.410 e. The van der Waals surface area contributed by atoms with Crippen molar-refractivity contribution in [3.63, 3.8) is 0 Å². The van der Waals surface area contributed by atoms with Gasteiger partial charge in [-0.3, -0.25) is 9.69 Å². The summed E-state index contributed by atoms with van der Waals surface area (Å²) in [7, 11) is 0. The normalized spacial score (nSPS) is 21.1. The molecule has 0 aromatic heterocycles. The summed E-state index contributed by atoms with van der Waals surface area (Å²) in [6.07, 6.45) is -0.339. The van der Waals surface area contributed by atoms with Gasteiger partial charge in [0.1, 0.15) is 5.60 Å². The third kappa shape index (κ3) is 5.00. The van der Waals surface area contributed by atoms with Gasteiger partial charge < -0.3 is 9.64 Å². The molecule has 26 heavy (non-hydrogen) atoms. The van der Waals surface area contributed by atoms with E-state index in [-0.39, 0.29) is 30.0 Å². The second kappa shape index (κ2) is 7.99. The Morgan fingerprint density at radius 2 is 1.69 bits per heavy atom. The summed E-state index contributed by atoms with van der Waals surface area (Å²) in [6, 6.07) is 7.60. The second-order valence-corrected chi connectivity index (χ2v) is 9.11. The van der Waals surface area contributed by atoms with Crippen LogP contribution in [0.1, 0.15) is 53.1 Å². The van der Waals surface area contributed by atoms with Crippen LogP contribution in [0, 0.1) is 5.92 Å². The maximum atomic E-state index is 12.8. The third-order valence-electron chi connectivity index (χ3n) is 4.40. The van der Waals surface area contributed by atoms with E-state index in [4.69, 9.17) is 4.74 Å². The van der Waals surface area contributed by atoms with E-state index >= 15 is 0 Å². The highest BCUT2D eigenvalue weighted by Gasteiger charge is 2.39. The van der Waals surface area contributed by atoms with Crippen molar-refractivity contribution in [3.8, 4) is 0 Å². The number of ether oxygens (including phenoxy) is 1. The first-order valence-electron chi connectivity index (χ1n) is 9.05. The molecule has 0 saturated carbocycles. The maximum absolute atomic E-state index is 12.8. The number of hydrogen-bond donors (Lipinski definition) is 0. The molecule has 0 aliphatic carbocycles. The van der Waals surface area contributed by atoms with Gasteiger partial charge in [-0.25, -0.2) is 4.79 Å². The number of piperazine rings is 1. The van der Waals surface area contributed by atoms with E-state index in [1.54, 1.807) is 4.90 Å². The molecule has 0 bridgehead atoms. The lowest BCUT2D eigenvalue weighted by atomic mass is 9.98. The molecule has 1 heterocycles. The van der Waals surface area contributed by atoms with E-state index in [2.05, 4.69) is 15.9 Å². The number of carbonyl (C=O) groups is 2. The van der Waals surface area contributed by atoms with Crippen LogP contribution in [-0.2, 0) is 9.53 Å². The van der Waals surface area contributed by atoms with E-state index in [0.29, 0.717) is 13.1 Å². The summed E-state index contributed by atoms with van der Waals surface area (Å²) in [6.45, 7) is 12.3. The highest BCUT2D eigenvalue weighted by Crippen LogP contribution is 2.31. The number of hydrogen-bond acceptors (Lipinski definition) is 3. The summed E-state index contributed by atoms with van der Waals surface area (Å²) in [5, 5.41) is 0. The zero-order valence-corrected chi connectivity index (χ0v) is 18.0. The van der Waals surface area contributed by atoms with Crippen molar-refractivity contribution < 1.29 is 14.3 Å². The molecule has 1 aromatic rings. The molecule has 2 atom stereocenters. The highest BCUT2D eigenvalue weighted by molar-refractivity contribution is 9.10. The fraction of sp³-hybridized carbons (Fsp3) is 0.600. The van der Waals surface area contributed by atoms with Crippen molar-refractivity contribution in [3.05, 3.63) is 34.3 Å². The van der Waals surface area contributed by atoms with Crippen LogP contribution in [0.25, 0.3) is 0 Å². The van der Waals surface area contributed by atoms with Crippen molar-refractivity contribution in [1.82, 2.24) is 9.80 Å². The standard InChI is InChI=1S/C20H29BrN2O3/c1-13(2)18(24)22-12-17(15-7-9-16(21)10-8-15)23(11-14(22)3)19(25)26-20(4,5)6/h7-10,13-14,17H,11-12H2,1-6H3/t14-,17+/m1/s1. The molecule has 0 N–H and O–H groups in total. The first-order chi connectivity index (χ1) is 12.0. The Labute approximate surface area is 164 Å². The fourth-order valence-corrected chi connectivity index (χ4v) is 3.37. The van der Waals surface area contributed by atoms with Crippen molar-refractivity contribution in [2.75, 3.05) is 13.1 Å². The molecular formula is C20H29BrN2O3. The SMILES string of the molecule is CC(C)C(=O)N1C[C@@H](c2ccc(Br)cc2)N(C(=O)OC(C)(C)C)C[C@H]1C. The predicted molar refractivity (Wildman–Crippen MR) is 106 cm³/mol. The molecule has 1 aromatic carbocycles. The largest absolute Gasteiger partial charge is 0.444 e. The summed E-state index contributed by atoms with van der Waals surface area (Å²) >= 11 is 3.45. The first kappa shape index (κ1) is 20.7. The van der Waals surface area contributed by atoms with Gasteiger partial charge in [0.2, 0.25) is 5.91 Å². The van der Waals surface area contributed by atoms with Crippen molar-refractivity contribution >= 4 is 27.9 Å². The van der Waals surface area contributed by atoms with Crippen LogP contribution in [0.2, 0.25) is 0 Å². The van der Waals surface area contributed by atoms with Crippen LogP contribution in [0.5, 0.6) is 0 Å². The Hall–Kier alpha value is -1.56. The molecular weight excluding hydrogens is 396 g/mol. The number of rotatable bonds is 2. The zero-order chi connectivity index (χ0) is 19.6. The van der Waals surface area contributed by atoms with Crippen molar-refractivity contribution in [1.29, 1.82) is 0 Å². The van der Waals surface area contributed by atoms with E-state index in [9.17, 15) is 9.59 Å². The van der Waals surface area contributed by atoms with E-state index in [0.717, 1.165) is 10.0 Å². The molecule has 6 heteroatoms. The minimum absolute atomic E-state index is 0.0517. The molecule has 1 saturated heterocycles. The van der Waals surface area contributed by atoms with Gasteiger partial charge >= 0.3 is 6.09 Å². The molecule has 5 nitrogen and oxygen atoms in total. The molecule has 0 spiro atoms. The average Bonchev–Trinajstić information content (AvgIpc) is 2.53.